The summed E-state index contributed by atoms with van der Waals surface area (Å²) in [5.41, 5.74) is 5.73. The molecule has 3 aliphatic rings. The number of benzene rings is 2. The summed E-state index contributed by atoms with van der Waals surface area (Å²) in [5.74, 6) is 0.667. The van der Waals surface area contributed by atoms with Crippen LogP contribution < -0.4 is 16.0 Å². The second kappa shape index (κ2) is 16.6. The minimum absolute atomic E-state index is 0.333. The van der Waals surface area contributed by atoms with Crippen LogP contribution in [0.25, 0.3) is 0 Å². The van der Waals surface area contributed by atoms with Gasteiger partial charge in [-0.3, -0.25) is 19.8 Å². The Morgan fingerprint density at radius 3 is 1.49 bits per heavy atom. The van der Waals surface area contributed by atoms with Gasteiger partial charge in [-0.1, -0.05) is 12.1 Å². The molecule has 2 aromatic carbocycles. The fourth-order valence-electron chi connectivity index (χ4n) is 5.54. The number of nitrogens with zero attached hydrogens (tertiary/aromatic N) is 4. The maximum Gasteiger partial charge on any atom is 0.128 e. The molecular weight excluding hydrogens is 514 g/mol. The molecule has 6 bridgehead atoms. The fraction of sp³-hybridized carbons (Fsp3) is 0.562. The van der Waals surface area contributed by atoms with Gasteiger partial charge in [0.1, 0.15) is 11.5 Å². The molecule has 2 unspecified atom stereocenters. The monoisotopic (exact) mass is 563 g/mol. The lowest BCUT2D eigenvalue weighted by Gasteiger charge is -2.26. The molecule has 2 aromatic rings. The maximum atomic E-state index is 11.1. The molecule has 41 heavy (non-hydrogen) atoms. The number of nitrogens with one attached hydrogen (secondary N) is 3. The van der Waals surface area contributed by atoms with Crippen LogP contribution in [0.4, 0.5) is 0 Å². The average Bonchev–Trinajstić information content (AvgIpc) is 2.94. The maximum absolute atomic E-state index is 11.1. The highest BCUT2D eigenvalue weighted by atomic mass is 16.3. The Morgan fingerprint density at radius 2 is 1.02 bits per heavy atom. The number of hydrogen-bond acceptors (Lipinski definition) is 9. The van der Waals surface area contributed by atoms with E-state index in [0.29, 0.717) is 37.7 Å². The fourth-order valence-corrected chi connectivity index (χ4v) is 5.54. The lowest BCUT2D eigenvalue weighted by molar-refractivity contribution is 0.238. The van der Waals surface area contributed by atoms with Gasteiger partial charge in [0.2, 0.25) is 0 Å². The standard InChI is InChI=1S/C32H49N7O2/c1-25-17-27-21-36-9-7-35-8-10-37-22-28-18-26(2)20-30(32(28)41)24-39-14-4-6-33-11-15-38(13-3-5-34-12-16-39)23-29(19-25)31(27)40/h17-22,33-35,40-41H,3-16,23-24H2,1-2H3. The summed E-state index contributed by atoms with van der Waals surface area (Å²) in [7, 11) is 0. The molecule has 9 heteroatoms. The molecule has 1 fully saturated rings. The third kappa shape index (κ3) is 10.2. The first-order valence-corrected chi connectivity index (χ1v) is 15.2. The van der Waals surface area contributed by atoms with E-state index in [4.69, 9.17) is 0 Å². The van der Waals surface area contributed by atoms with Crippen molar-refractivity contribution >= 4 is 12.4 Å². The number of hydrogen-bond donors (Lipinski definition) is 5. The van der Waals surface area contributed by atoms with E-state index >= 15 is 0 Å². The van der Waals surface area contributed by atoms with Gasteiger partial charge < -0.3 is 26.2 Å². The zero-order valence-corrected chi connectivity index (χ0v) is 25.0. The van der Waals surface area contributed by atoms with Crippen LogP contribution in [0.2, 0.25) is 0 Å². The molecule has 0 saturated carbocycles. The van der Waals surface area contributed by atoms with Gasteiger partial charge in [0.25, 0.3) is 0 Å². The minimum Gasteiger partial charge on any atom is -0.507 e. The Bertz CT molecular complexity index is 1060. The van der Waals surface area contributed by atoms with Gasteiger partial charge in [-0.05, 0) is 76.1 Å². The molecule has 0 spiro atoms. The highest BCUT2D eigenvalue weighted by Crippen LogP contribution is 2.26. The average molecular weight is 564 g/mol. The van der Waals surface area contributed by atoms with E-state index in [1.165, 1.54) is 0 Å². The van der Waals surface area contributed by atoms with E-state index in [2.05, 4.69) is 61.7 Å². The molecule has 3 heterocycles. The van der Waals surface area contributed by atoms with Crippen LogP contribution in [-0.4, -0.2) is 111 Å². The Hall–Kier alpha value is -2.82. The molecular formula is C32H49N7O2. The number of phenolic OH excluding ortho intramolecular Hbond substituents is 2. The van der Waals surface area contributed by atoms with Crippen molar-refractivity contribution in [3.8, 4) is 11.5 Å². The van der Waals surface area contributed by atoms with Crippen molar-refractivity contribution in [2.75, 3.05) is 78.5 Å². The topological polar surface area (TPSA) is 108 Å². The first kappa shape index (κ1) is 31.1. The van der Waals surface area contributed by atoms with Crippen LogP contribution in [-0.2, 0) is 13.1 Å². The zero-order valence-electron chi connectivity index (χ0n) is 25.0. The minimum atomic E-state index is 0.333. The molecule has 3 aliphatic heterocycles. The molecule has 5 rings (SSSR count). The third-order valence-corrected chi connectivity index (χ3v) is 7.67. The molecule has 0 radical (unpaired) electrons. The third-order valence-electron chi connectivity index (χ3n) is 7.67. The lowest BCUT2D eigenvalue weighted by Crippen LogP contribution is -2.38. The van der Waals surface area contributed by atoms with Gasteiger partial charge in [0.05, 0.1) is 13.1 Å². The van der Waals surface area contributed by atoms with Gasteiger partial charge >= 0.3 is 0 Å². The van der Waals surface area contributed by atoms with Crippen molar-refractivity contribution in [2.24, 2.45) is 9.98 Å². The summed E-state index contributed by atoms with van der Waals surface area (Å²) < 4.78 is 0. The SMILES string of the molecule is Cc1cc2c(O)c(c1)CN1CCCNCCN(CCCNCC1)Cc1cc(C)cc(c1O)C=NCCNCCN=C2. The van der Waals surface area contributed by atoms with Crippen LogP contribution >= 0.6 is 0 Å². The van der Waals surface area contributed by atoms with Crippen molar-refractivity contribution in [1.29, 1.82) is 0 Å². The lowest BCUT2D eigenvalue weighted by atomic mass is 10.0. The predicted molar refractivity (Wildman–Crippen MR) is 169 cm³/mol. The first-order valence-electron chi connectivity index (χ1n) is 15.2. The number of aryl methyl sites for hydroxylation is 2. The van der Waals surface area contributed by atoms with Gasteiger partial charge in [-0.2, -0.15) is 0 Å². The normalized spacial score (nSPS) is 22.5. The summed E-state index contributed by atoms with van der Waals surface area (Å²) in [4.78, 5) is 14.0. The number of phenols is 2. The van der Waals surface area contributed by atoms with Crippen LogP contribution in [0.15, 0.2) is 34.3 Å². The number of fused-ring (bicyclic) bond motifs is 16. The molecule has 5 N–H and O–H groups in total. The molecule has 1 saturated heterocycles. The van der Waals surface area contributed by atoms with Crippen molar-refractivity contribution < 1.29 is 10.2 Å². The predicted octanol–water partition coefficient (Wildman–Crippen LogP) is 2.43. The van der Waals surface area contributed by atoms with E-state index in [9.17, 15) is 10.2 Å². The summed E-state index contributed by atoms with van der Waals surface area (Å²) in [6.45, 7) is 15.8. The van der Waals surface area contributed by atoms with Crippen molar-refractivity contribution in [3.63, 3.8) is 0 Å². The zero-order chi connectivity index (χ0) is 28.9. The molecule has 0 aliphatic carbocycles. The molecule has 224 valence electrons. The number of rotatable bonds is 0. The Morgan fingerprint density at radius 1 is 0.585 bits per heavy atom. The van der Waals surface area contributed by atoms with E-state index in [1.807, 2.05) is 12.1 Å². The molecule has 2 atom stereocenters. The van der Waals surface area contributed by atoms with Gasteiger partial charge in [-0.15, -0.1) is 0 Å². The van der Waals surface area contributed by atoms with Crippen LogP contribution in [0.1, 0.15) is 46.2 Å². The Labute approximate surface area is 245 Å². The quantitative estimate of drug-likeness (QED) is 0.314. The molecule has 0 amide bonds. The van der Waals surface area contributed by atoms with Gasteiger partial charge in [0, 0.05) is 87.0 Å². The largest absolute Gasteiger partial charge is 0.507 e. The highest BCUT2D eigenvalue weighted by Gasteiger charge is 2.15. The summed E-state index contributed by atoms with van der Waals surface area (Å²) >= 11 is 0. The number of aliphatic imine (C=N–C) groups is 2. The van der Waals surface area contributed by atoms with E-state index in [0.717, 1.165) is 112 Å². The molecule has 0 aromatic heterocycles. The Kier molecular flexibility index (Phi) is 12.6. The van der Waals surface area contributed by atoms with Gasteiger partial charge in [-0.25, -0.2) is 0 Å². The highest BCUT2D eigenvalue weighted by molar-refractivity contribution is 5.85. The summed E-state index contributed by atoms with van der Waals surface area (Å²) in [6.07, 6.45) is 5.66. The second-order valence-electron chi connectivity index (χ2n) is 11.3. The smallest absolute Gasteiger partial charge is 0.128 e. The van der Waals surface area contributed by atoms with Crippen molar-refractivity contribution in [1.82, 2.24) is 25.8 Å². The number of aromatic hydroxyl groups is 2. The Balaban J connectivity index is 1.55. The van der Waals surface area contributed by atoms with E-state index in [1.54, 1.807) is 12.4 Å². The van der Waals surface area contributed by atoms with E-state index < -0.39 is 0 Å². The van der Waals surface area contributed by atoms with Gasteiger partial charge in [0.15, 0.2) is 0 Å². The summed E-state index contributed by atoms with van der Waals surface area (Å²) in [5, 5.41) is 32.8. The van der Waals surface area contributed by atoms with Crippen LogP contribution in [0.5, 0.6) is 11.5 Å². The van der Waals surface area contributed by atoms with E-state index in [-0.39, 0.29) is 0 Å². The summed E-state index contributed by atoms with van der Waals surface area (Å²) in [6, 6.07) is 8.20. The first-order chi connectivity index (χ1) is 20.0. The van der Waals surface area contributed by atoms with Crippen molar-refractivity contribution in [2.45, 2.75) is 39.8 Å². The second-order valence-corrected chi connectivity index (χ2v) is 11.3. The van der Waals surface area contributed by atoms with Crippen LogP contribution in [0.3, 0.4) is 0 Å². The van der Waals surface area contributed by atoms with Crippen molar-refractivity contribution in [3.05, 3.63) is 57.6 Å². The van der Waals surface area contributed by atoms with Crippen LogP contribution in [0, 0.1) is 13.8 Å². The molecule has 9 nitrogen and oxygen atoms in total.